The van der Waals surface area contributed by atoms with Gasteiger partial charge in [0.1, 0.15) is 0 Å². The molecule has 0 spiro atoms. The van der Waals surface area contributed by atoms with Crippen molar-refractivity contribution in [2.24, 2.45) is 0 Å². The lowest BCUT2D eigenvalue weighted by molar-refractivity contribution is 0.0746. The molecule has 0 N–H and O–H groups in total. The molecular formula is C14H19NO. The molecule has 1 unspecified atom stereocenters. The number of nitrogens with zero attached hydrogens (tertiary/aromatic N) is 1. The highest BCUT2D eigenvalue weighted by Crippen LogP contribution is 2.21. The maximum absolute atomic E-state index is 12.4. The molecule has 2 nitrogen and oxygen atoms in total. The van der Waals surface area contributed by atoms with E-state index < -0.39 is 0 Å². The van der Waals surface area contributed by atoms with Gasteiger partial charge in [0.25, 0.3) is 5.91 Å². The zero-order valence-corrected chi connectivity index (χ0v) is 10.1. The Hall–Kier alpha value is -1.31. The summed E-state index contributed by atoms with van der Waals surface area (Å²) in [7, 11) is 0. The first kappa shape index (κ1) is 11.2. The minimum atomic E-state index is 0.211. The van der Waals surface area contributed by atoms with E-state index in [4.69, 9.17) is 0 Å². The quantitative estimate of drug-likeness (QED) is 0.746. The van der Waals surface area contributed by atoms with Crippen molar-refractivity contribution in [1.29, 1.82) is 0 Å². The lowest BCUT2D eigenvalue weighted by atomic mass is 10.0. The van der Waals surface area contributed by atoms with E-state index in [1.165, 1.54) is 0 Å². The van der Waals surface area contributed by atoms with Crippen LogP contribution in [0.1, 0.15) is 42.6 Å². The van der Waals surface area contributed by atoms with E-state index >= 15 is 0 Å². The van der Waals surface area contributed by atoms with Crippen molar-refractivity contribution in [2.45, 2.75) is 39.2 Å². The highest BCUT2D eigenvalue weighted by molar-refractivity contribution is 5.96. The van der Waals surface area contributed by atoms with Gasteiger partial charge < -0.3 is 4.90 Å². The molecule has 0 aliphatic carbocycles. The van der Waals surface area contributed by atoms with Gasteiger partial charge in [-0.3, -0.25) is 4.79 Å². The number of aryl methyl sites for hydroxylation is 1. The van der Waals surface area contributed by atoms with Gasteiger partial charge in [0.2, 0.25) is 0 Å². The molecular weight excluding hydrogens is 198 g/mol. The summed E-state index contributed by atoms with van der Waals surface area (Å²) >= 11 is 0. The second-order valence-corrected chi connectivity index (χ2v) is 4.50. The van der Waals surface area contributed by atoms with E-state index in [0.29, 0.717) is 6.04 Å². The molecule has 0 saturated carbocycles. The third-order valence-corrected chi connectivity index (χ3v) is 3.44. The number of likely N-dealkylation sites (tertiary alicyclic amines) is 1. The van der Waals surface area contributed by atoms with Crippen molar-refractivity contribution in [3.05, 3.63) is 35.4 Å². The van der Waals surface area contributed by atoms with E-state index in [1.54, 1.807) is 0 Å². The van der Waals surface area contributed by atoms with Gasteiger partial charge in [0.15, 0.2) is 0 Å². The Morgan fingerprint density at radius 3 is 2.81 bits per heavy atom. The number of carbonyl (C=O) groups excluding carboxylic acids is 1. The maximum atomic E-state index is 12.4. The second-order valence-electron chi connectivity index (χ2n) is 4.50. The van der Waals surface area contributed by atoms with Crippen molar-refractivity contribution in [3.63, 3.8) is 0 Å². The van der Waals surface area contributed by atoms with Crippen LogP contribution in [0.2, 0.25) is 0 Å². The number of carbonyl (C=O) groups is 1. The van der Waals surface area contributed by atoms with Crippen LogP contribution in [-0.2, 0) is 6.42 Å². The molecule has 1 aromatic carbocycles. The first-order valence-corrected chi connectivity index (χ1v) is 6.13. The molecule has 1 atom stereocenters. The van der Waals surface area contributed by atoms with Crippen molar-refractivity contribution in [2.75, 3.05) is 6.54 Å². The van der Waals surface area contributed by atoms with Crippen LogP contribution in [0.4, 0.5) is 0 Å². The average Bonchev–Trinajstić information content (AvgIpc) is 2.74. The van der Waals surface area contributed by atoms with E-state index in [9.17, 15) is 4.79 Å². The molecule has 0 aromatic heterocycles. The van der Waals surface area contributed by atoms with Gasteiger partial charge in [-0.15, -0.1) is 0 Å². The molecule has 1 aliphatic rings. The van der Waals surface area contributed by atoms with Crippen molar-refractivity contribution < 1.29 is 4.79 Å². The van der Waals surface area contributed by atoms with Crippen LogP contribution < -0.4 is 0 Å². The number of amides is 1. The zero-order valence-electron chi connectivity index (χ0n) is 10.1. The van der Waals surface area contributed by atoms with Gasteiger partial charge in [-0.25, -0.2) is 0 Å². The van der Waals surface area contributed by atoms with Gasteiger partial charge in [-0.05, 0) is 37.8 Å². The number of rotatable bonds is 2. The van der Waals surface area contributed by atoms with Gasteiger partial charge in [0.05, 0.1) is 0 Å². The van der Waals surface area contributed by atoms with Crippen molar-refractivity contribution in [3.8, 4) is 0 Å². The molecule has 0 bridgehead atoms. The third-order valence-electron chi connectivity index (χ3n) is 3.44. The van der Waals surface area contributed by atoms with E-state index in [0.717, 1.165) is 36.9 Å². The first-order chi connectivity index (χ1) is 7.74. The largest absolute Gasteiger partial charge is 0.336 e. The minimum absolute atomic E-state index is 0.211. The molecule has 16 heavy (non-hydrogen) atoms. The topological polar surface area (TPSA) is 20.3 Å². The van der Waals surface area contributed by atoms with Crippen LogP contribution in [0.15, 0.2) is 24.3 Å². The third kappa shape index (κ3) is 1.97. The fourth-order valence-corrected chi connectivity index (χ4v) is 2.43. The van der Waals surface area contributed by atoms with Crippen LogP contribution in [0.25, 0.3) is 0 Å². The summed E-state index contributed by atoms with van der Waals surface area (Å²) in [5.74, 6) is 0.211. The molecule has 86 valence electrons. The Labute approximate surface area is 97.3 Å². The fraction of sp³-hybridized carbons (Fsp3) is 0.500. The zero-order chi connectivity index (χ0) is 11.5. The molecule has 2 heteroatoms. The Morgan fingerprint density at radius 1 is 1.44 bits per heavy atom. The molecule has 2 rings (SSSR count). The van der Waals surface area contributed by atoms with E-state index in [2.05, 4.69) is 13.8 Å². The lowest BCUT2D eigenvalue weighted by Crippen LogP contribution is -2.34. The van der Waals surface area contributed by atoms with Crippen LogP contribution >= 0.6 is 0 Å². The van der Waals surface area contributed by atoms with Crippen LogP contribution in [0.3, 0.4) is 0 Å². The predicted octanol–water partition coefficient (Wildman–Crippen LogP) is 2.87. The van der Waals surface area contributed by atoms with Crippen LogP contribution in [-0.4, -0.2) is 23.4 Å². The second kappa shape index (κ2) is 4.69. The van der Waals surface area contributed by atoms with E-state index in [-0.39, 0.29) is 5.91 Å². The number of hydrogen-bond acceptors (Lipinski definition) is 1. The highest BCUT2D eigenvalue weighted by Gasteiger charge is 2.26. The van der Waals surface area contributed by atoms with Crippen molar-refractivity contribution in [1.82, 2.24) is 4.90 Å². The summed E-state index contributed by atoms with van der Waals surface area (Å²) in [4.78, 5) is 14.4. The van der Waals surface area contributed by atoms with Gasteiger partial charge in [0, 0.05) is 18.2 Å². The number of benzene rings is 1. The Balaban J connectivity index is 2.26. The summed E-state index contributed by atoms with van der Waals surface area (Å²) in [5, 5.41) is 0. The number of hydrogen-bond donors (Lipinski definition) is 0. The van der Waals surface area contributed by atoms with Crippen LogP contribution in [0.5, 0.6) is 0 Å². The normalized spacial score (nSPS) is 20.1. The summed E-state index contributed by atoms with van der Waals surface area (Å²) < 4.78 is 0. The van der Waals surface area contributed by atoms with Gasteiger partial charge in [-0.2, -0.15) is 0 Å². The summed E-state index contributed by atoms with van der Waals surface area (Å²) in [5.41, 5.74) is 2.05. The molecule has 1 saturated heterocycles. The molecule has 1 fully saturated rings. The van der Waals surface area contributed by atoms with Gasteiger partial charge in [-0.1, -0.05) is 25.1 Å². The lowest BCUT2D eigenvalue weighted by Gasteiger charge is -2.22. The standard InChI is InChI=1S/C14H19NO/c1-3-12-8-4-5-9-13(12)14(16)15-10-6-7-11(15)2/h4-5,8-9,11H,3,6-7,10H2,1-2H3. The monoisotopic (exact) mass is 217 g/mol. The predicted molar refractivity (Wildman–Crippen MR) is 65.6 cm³/mol. The summed E-state index contributed by atoms with van der Waals surface area (Å²) in [6, 6.07) is 8.36. The smallest absolute Gasteiger partial charge is 0.254 e. The van der Waals surface area contributed by atoms with Crippen LogP contribution in [0, 0.1) is 0 Å². The Morgan fingerprint density at radius 2 is 2.19 bits per heavy atom. The minimum Gasteiger partial charge on any atom is -0.336 e. The van der Waals surface area contributed by atoms with Gasteiger partial charge >= 0.3 is 0 Å². The first-order valence-electron chi connectivity index (χ1n) is 6.13. The van der Waals surface area contributed by atoms with Crippen molar-refractivity contribution >= 4 is 5.91 Å². The SMILES string of the molecule is CCc1ccccc1C(=O)N1CCCC1C. The van der Waals surface area contributed by atoms with E-state index in [1.807, 2.05) is 29.2 Å². The maximum Gasteiger partial charge on any atom is 0.254 e. The summed E-state index contributed by atoms with van der Waals surface area (Å²) in [6.07, 6.45) is 3.20. The average molecular weight is 217 g/mol. The molecule has 1 aromatic rings. The highest BCUT2D eigenvalue weighted by atomic mass is 16.2. The summed E-state index contributed by atoms with van der Waals surface area (Å²) in [6.45, 7) is 5.15. The molecule has 1 amide bonds. The fourth-order valence-electron chi connectivity index (χ4n) is 2.43. The Kier molecular flexibility index (Phi) is 3.28. The Bertz CT molecular complexity index is 386. The molecule has 1 aliphatic heterocycles. The molecule has 0 radical (unpaired) electrons. The molecule has 1 heterocycles.